The largest absolute Gasteiger partial charge is 0.396 e. The van der Waals surface area contributed by atoms with Crippen LogP contribution in [0.5, 0.6) is 0 Å². The van der Waals surface area contributed by atoms with E-state index in [9.17, 15) is 10.2 Å². The molecular weight excluding hydrogens is 236 g/mol. The maximum Gasteiger partial charge on any atom is 0.0596 e. The molecule has 2 nitrogen and oxygen atoms in total. The first-order valence-electron chi connectivity index (χ1n) is 8.40. The molecule has 0 aromatic heterocycles. The fraction of sp³-hybridized carbons (Fsp3) is 1.00. The van der Waals surface area contributed by atoms with E-state index in [0.717, 1.165) is 24.2 Å². The van der Waals surface area contributed by atoms with Gasteiger partial charge in [0, 0.05) is 6.61 Å². The Morgan fingerprint density at radius 2 is 1.84 bits per heavy atom. The molecule has 0 aromatic carbocycles. The van der Waals surface area contributed by atoms with Gasteiger partial charge >= 0.3 is 0 Å². The lowest BCUT2D eigenvalue weighted by Gasteiger charge is -2.53. The van der Waals surface area contributed by atoms with Crippen LogP contribution < -0.4 is 0 Å². The molecule has 0 spiro atoms. The van der Waals surface area contributed by atoms with Crippen molar-refractivity contribution in [2.45, 2.75) is 64.9 Å². The molecule has 2 heteroatoms. The minimum Gasteiger partial charge on any atom is -0.396 e. The van der Waals surface area contributed by atoms with Crippen LogP contribution in [-0.4, -0.2) is 22.9 Å². The van der Waals surface area contributed by atoms with Gasteiger partial charge in [0.25, 0.3) is 0 Å². The molecule has 3 rings (SSSR count). The fourth-order valence-electron chi connectivity index (χ4n) is 6.00. The summed E-state index contributed by atoms with van der Waals surface area (Å²) in [6.07, 6.45) is 8.41. The summed E-state index contributed by atoms with van der Waals surface area (Å²) in [6, 6.07) is 0. The van der Waals surface area contributed by atoms with Gasteiger partial charge in [0.2, 0.25) is 0 Å². The van der Waals surface area contributed by atoms with Crippen molar-refractivity contribution in [2.24, 2.45) is 35.0 Å². The lowest BCUT2D eigenvalue weighted by Crippen LogP contribution is -2.49. The van der Waals surface area contributed by atoms with Crippen LogP contribution in [0, 0.1) is 35.0 Å². The van der Waals surface area contributed by atoms with E-state index in [1.54, 1.807) is 0 Å². The lowest BCUT2D eigenvalue weighted by atomic mass is 9.52. The average molecular weight is 266 g/mol. The molecule has 0 radical (unpaired) electrons. The number of rotatable bonds is 2. The van der Waals surface area contributed by atoms with Gasteiger partial charge in [0.15, 0.2) is 0 Å². The molecular formula is C17H30O2. The maximum absolute atomic E-state index is 10.3. The van der Waals surface area contributed by atoms with Crippen molar-refractivity contribution in [1.29, 1.82) is 0 Å². The second-order valence-corrected chi connectivity index (χ2v) is 7.66. The zero-order valence-corrected chi connectivity index (χ0v) is 12.5. The van der Waals surface area contributed by atoms with E-state index in [1.807, 2.05) is 0 Å². The van der Waals surface area contributed by atoms with Gasteiger partial charge in [-0.05, 0) is 73.5 Å². The maximum atomic E-state index is 10.3. The van der Waals surface area contributed by atoms with Crippen LogP contribution in [-0.2, 0) is 0 Å². The summed E-state index contributed by atoms with van der Waals surface area (Å²) in [5.74, 6) is 3.49. The Balaban J connectivity index is 1.83. The van der Waals surface area contributed by atoms with Gasteiger partial charge < -0.3 is 10.2 Å². The summed E-state index contributed by atoms with van der Waals surface area (Å²) in [4.78, 5) is 0. The summed E-state index contributed by atoms with van der Waals surface area (Å²) in [5, 5.41) is 20.2. The van der Waals surface area contributed by atoms with Crippen LogP contribution in [0.3, 0.4) is 0 Å². The van der Waals surface area contributed by atoms with E-state index < -0.39 is 0 Å². The van der Waals surface area contributed by atoms with Gasteiger partial charge in [-0.15, -0.1) is 0 Å². The topological polar surface area (TPSA) is 40.5 Å². The van der Waals surface area contributed by atoms with E-state index in [-0.39, 0.29) is 11.5 Å². The van der Waals surface area contributed by atoms with Crippen molar-refractivity contribution in [2.75, 3.05) is 6.61 Å². The first-order chi connectivity index (χ1) is 9.11. The molecule has 3 aliphatic rings. The van der Waals surface area contributed by atoms with E-state index in [2.05, 4.69) is 13.8 Å². The molecule has 0 amide bonds. The number of aliphatic hydroxyl groups excluding tert-OH is 2. The molecule has 0 saturated heterocycles. The van der Waals surface area contributed by atoms with Crippen LogP contribution in [0.25, 0.3) is 0 Å². The van der Waals surface area contributed by atoms with Crippen LogP contribution >= 0.6 is 0 Å². The third-order valence-corrected chi connectivity index (χ3v) is 7.20. The Bertz CT molecular complexity index is 329. The van der Waals surface area contributed by atoms with Crippen LogP contribution in [0.1, 0.15) is 58.8 Å². The molecule has 3 aliphatic carbocycles. The van der Waals surface area contributed by atoms with Crippen molar-refractivity contribution >= 4 is 0 Å². The van der Waals surface area contributed by atoms with E-state index in [1.165, 1.54) is 38.5 Å². The molecule has 0 bridgehead atoms. The number of aliphatic hydroxyl groups is 2. The van der Waals surface area contributed by atoms with Gasteiger partial charge in [0.05, 0.1) is 6.10 Å². The summed E-state index contributed by atoms with van der Waals surface area (Å²) < 4.78 is 0. The normalized spacial score (nSPS) is 53.7. The molecule has 0 heterocycles. The highest BCUT2D eigenvalue weighted by Gasteiger charge is 2.55. The van der Waals surface area contributed by atoms with E-state index in [0.29, 0.717) is 18.4 Å². The standard InChI is InChI=1S/C17H30O2/c1-3-11-4-5-13-12(14(11)10-18)8-9-17(2)15(13)6-7-16(17)19/h11-16,18-19H,3-10H2,1-2H3/t11-,12+,13-,14+,15+,16+,17+/m1/s1. The third-order valence-electron chi connectivity index (χ3n) is 7.20. The predicted molar refractivity (Wildman–Crippen MR) is 76.6 cm³/mol. The van der Waals surface area contributed by atoms with Crippen molar-refractivity contribution in [3.05, 3.63) is 0 Å². The number of fused-ring (bicyclic) bond motifs is 3. The fourth-order valence-corrected chi connectivity index (χ4v) is 6.00. The molecule has 110 valence electrons. The quantitative estimate of drug-likeness (QED) is 0.805. The van der Waals surface area contributed by atoms with Crippen molar-refractivity contribution < 1.29 is 10.2 Å². The van der Waals surface area contributed by atoms with Gasteiger partial charge in [-0.25, -0.2) is 0 Å². The summed E-state index contributed by atoms with van der Waals surface area (Å²) in [5.41, 5.74) is 0.181. The highest BCUT2D eigenvalue weighted by atomic mass is 16.3. The second-order valence-electron chi connectivity index (χ2n) is 7.66. The Kier molecular flexibility index (Phi) is 3.68. The lowest BCUT2D eigenvalue weighted by molar-refractivity contribution is -0.0834. The van der Waals surface area contributed by atoms with Crippen LogP contribution in [0.4, 0.5) is 0 Å². The zero-order chi connectivity index (χ0) is 13.6. The summed E-state index contributed by atoms with van der Waals surface area (Å²) in [6.45, 7) is 4.98. The molecule has 0 aromatic rings. The van der Waals surface area contributed by atoms with Gasteiger partial charge in [-0.3, -0.25) is 0 Å². The van der Waals surface area contributed by atoms with Crippen LogP contribution in [0.15, 0.2) is 0 Å². The highest BCUT2D eigenvalue weighted by Crippen LogP contribution is 2.61. The van der Waals surface area contributed by atoms with Gasteiger partial charge in [-0.1, -0.05) is 20.3 Å². The van der Waals surface area contributed by atoms with Crippen molar-refractivity contribution in [3.63, 3.8) is 0 Å². The zero-order valence-electron chi connectivity index (χ0n) is 12.5. The second kappa shape index (κ2) is 5.04. The minimum atomic E-state index is -0.0741. The molecule has 7 atom stereocenters. The Morgan fingerprint density at radius 1 is 1.05 bits per heavy atom. The van der Waals surface area contributed by atoms with Gasteiger partial charge in [0.1, 0.15) is 0 Å². The predicted octanol–water partition coefficient (Wildman–Crippen LogP) is 3.22. The molecule has 19 heavy (non-hydrogen) atoms. The summed E-state index contributed by atoms with van der Waals surface area (Å²) in [7, 11) is 0. The highest BCUT2D eigenvalue weighted by molar-refractivity contribution is 5.05. The number of hydrogen-bond donors (Lipinski definition) is 2. The number of hydrogen-bond acceptors (Lipinski definition) is 2. The van der Waals surface area contributed by atoms with E-state index in [4.69, 9.17) is 0 Å². The van der Waals surface area contributed by atoms with Crippen LogP contribution in [0.2, 0.25) is 0 Å². The molecule has 3 saturated carbocycles. The SMILES string of the molecule is CC[C@@H]1CC[C@@H]2[C@H](CC[C@]3(C)[C@@H](O)CC[C@@H]23)[C@H]1CO. The smallest absolute Gasteiger partial charge is 0.0596 e. The Morgan fingerprint density at radius 3 is 2.53 bits per heavy atom. The molecule has 0 unspecified atom stereocenters. The molecule has 3 fully saturated rings. The van der Waals surface area contributed by atoms with Crippen molar-refractivity contribution in [3.8, 4) is 0 Å². The average Bonchev–Trinajstić information content (AvgIpc) is 2.73. The first kappa shape index (κ1) is 13.9. The Labute approximate surface area is 117 Å². The molecule has 0 aliphatic heterocycles. The minimum absolute atomic E-state index is 0.0741. The summed E-state index contributed by atoms with van der Waals surface area (Å²) >= 11 is 0. The monoisotopic (exact) mass is 266 g/mol. The first-order valence-corrected chi connectivity index (χ1v) is 8.40. The van der Waals surface area contributed by atoms with E-state index >= 15 is 0 Å². The molecule has 2 N–H and O–H groups in total. The van der Waals surface area contributed by atoms with Crippen molar-refractivity contribution in [1.82, 2.24) is 0 Å². The third kappa shape index (κ3) is 1.98. The van der Waals surface area contributed by atoms with Gasteiger partial charge in [-0.2, -0.15) is 0 Å². The Hall–Kier alpha value is -0.0800.